The van der Waals surface area contributed by atoms with Gasteiger partial charge < -0.3 is 9.64 Å². The van der Waals surface area contributed by atoms with E-state index in [0.717, 1.165) is 24.2 Å². The zero-order valence-electron chi connectivity index (χ0n) is 18.2. The second kappa shape index (κ2) is 9.20. The number of nitrogens with zero attached hydrogens (tertiary/aromatic N) is 4. The van der Waals surface area contributed by atoms with Crippen molar-refractivity contribution in [2.24, 2.45) is 0 Å². The summed E-state index contributed by atoms with van der Waals surface area (Å²) in [6, 6.07) is 12.1. The summed E-state index contributed by atoms with van der Waals surface area (Å²) in [7, 11) is -3.88. The van der Waals surface area contributed by atoms with Gasteiger partial charge in [0.1, 0.15) is 4.90 Å². The Kier molecular flexibility index (Phi) is 5.95. The highest BCUT2D eigenvalue weighted by Crippen LogP contribution is 2.31. The summed E-state index contributed by atoms with van der Waals surface area (Å²) < 4.78 is 33.5. The van der Waals surface area contributed by atoms with Crippen LogP contribution in [0.4, 0.5) is 5.69 Å². The van der Waals surface area contributed by atoms with Crippen molar-refractivity contribution in [2.75, 3.05) is 31.2 Å². The predicted octanol–water partition coefficient (Wildman–Crippen LogP) is 3.40. The molecular formula is C25H22N4O4S. The molecule has 0 amide bonds. The van der Waals surface area contributed by atoms with Gasteiger partial charge in [-0.3, -0.25) is 14.8 Å². The van der Waals surface area contributed by atoms with E-state index in [9.17, 15) is 13.2 Å². The Morgan fingerprint density at radius 3 is 2.53 bits per heavy atom. The number of aromatic nitrogens is 3. The normalized spacial score (nSPS) is 14.6. The molecule has 0 spiro atoms. The van der Waals surface area contributed by atoms with Gasteiger partial charge >= 0.3 is 0 Å². The van der Waals surface area contributed by atoms with Gasteiger partial charge in [-0.25, -0.2) is 12.4 Å². The SMILES string of the molecule is O=C(/C=C/c1cn(S(=O)(=O)c2cccnc2)c2ccc(N3CCOCC3)cc12)c1ccncc1. The van der Waals surface area contributed by atoms with E-state index in [-0.39, 0.29) is 10.7 Å². The van der Waals surface area contributed by atoms with Crippen LogP contribution in [0.25, 0.3) is 17.0 Å². The molecule has 172 valence electrons. The number of carbonyl (C=O) groups excluding carboxylic acids is 1. The zero-order chi connectivity index (χ0) is 23.5. The van der Waals surface area contributed by atoms with Gasteiger partial charge in [0.15, 0.2) is 5.78 Å². The first-order chi connectivity index (χ1) is 16.5. The van der Waals surface area contributed by atoms with Crippen molar-refractivity contribution >= 4 is 38.5 Å². The van der Waals surface area contributed by atoms with Crippen molar-refractivity contribution in [3.63, 3.8) is 0 Å². The summed E-state index contributed by atoms with van der Waals surface area (Å²) >= 11 is 0. The molecule has 1 aromatic carbocycles. The largest absolute Gasteiger partial charge is 0.378 e. The summed E-state index contributed by atoms with van der Waals surface area (Å²) in [5, 5.41) is 0.732. The Labute approximate surface area is 197 Å². The van der Waals surface area contributed by atoms with Crippen molar-refractivity contribution in [3.05, 3.63) is 90.7 Å². The van der Waals surface area contributed by atoms with Crippen LogP contribution in [0.1, 0.15) is 15.9 Å². The van der Waals surface area contributed by atoms with E-state index in [1.54, 1.807) is 48.9 Å². The Morgan fingerprint density at radius 2 is 1.79 bits per heavy atom. The third-order valence-corrected chi connectivity index (χ3v) is 7.39. The van der Waals surface area contributed by atoms with E-state index in [1.807, 2.05) is 12.1 Å². The van der Waals surface area contributed by atoms with E-state index in [4.69, 9.17) is 4.74 Å². The van der Waals surface area contributed by atoms with Crippen LogP contribution < -0.4 is 4.90 Å². The number of allylic oxidation sites excluding steroid dienone is 1. The van der Waals surface area contributed by atoms with Gasteiger partial charge in [0, 0.05) is 66.3 Å². The Morgan fingerprint density at radius 1 is 1.00 bits per heavy atom. The minimum atomic E-state index is -3.88. The molecule has 4 heterocycles. The number of ketones is 1. The van der Waals surface area contributed by atoms with Crippen LogP contribution in [0.5, 0.6) is 0 Å². The number of hydrogen-bond donors (Lipinski definition) is 0. The quantitative estimate of drug-likeness (QED) is 0.312. The fourth-order valence-electron chi connectivity index (χ4n) is 3.95. The molecule has 4 aromatic rings. The molecule has 0 N–H and O–H groups in total. The van der Waals surface area contributed by atoms with Crippen molar-refractivity contribution in [1.82, 2.24) is 13.9 Å². The molecule has 0 radical (unpaired) electrons. The molecule has 0 saturated carbocycles. The number of pyridine rings is 2. The molecule has 8 nitrogen and oxygen atoms in total. The van der Waals surface area contributed by atoms with Crippen molar-refractivity contribution in [1.29, 1.82) is 0 Å². The monoisotopic (exact) mass is 474 g/mol. The summed E-state index contributed by atoms with van der Waals surface area (Å²) in [6.45, 7) is 2.79. The van der Waals surface area contributed by atoms with Gasteiger partial charge in [-0.15, -0.1) is 0 Å². The number of carbonyl (C=O) groups is 1. The van der Waals surface area contributed by atoms with Crippen LogP contribution in [0, 0.1) is 0 Å². The Hall–Kier alpha value is -3.82. The first-order valence-corrected chi connectivity index (χ1v) is 12.2. The molecule has 0 unspecified atom stereocenters. The van der Waals surface area contributed by atoms with Crippen molar-refractivity contribution in [3.8, 4) is 0 Å². The van der Waals surface area contributed by atoms with Crippen molar-refractivity contribution in [2.45, 2.75) is 4.90 Å². The third-order valence-electron chi connectivity index (χ3n) is 5.73. The van der Waals surface area contributed by atoms with E-state index < -0.39 is 10.0 Å². The number of anilines is 1. The van der Waals surface area contributed by atoms with Crippen molar-refractivity contribution < 1.29 is 17.9 Å². The predicted molar refractivity (Wildman–Crippen MR) is 129 cm³/mol. The molecule has 0 bridgehead atoms. The maximum Gasteiger partial charge on any atom is 0.269 e. The van der Waals surface area contributed by atoms with Crippen LogP contribution in [0.15, 0.2) is 84.4 Å². The highest BCUT2D eigenvalue weighted by atomic mass is 32.2. The minimum absolute atomic E-state index is 0.0903. The van der Waals surface area contributed by atoms with Gasteiger partial charge in [-0.1, -0.05) is 0 Å². The highest BCUT2D eigenvalue weighted by molar-refractivity contribution is 7.90. The van der Waals surface area contributed by atoms with Crippen LogP contribution in [0.2, 0.25) is 0 Å². The molecule has 1 fully saturated rings. The first kappa shape index (κ1) is 22.0. The van der Waals surface area contributed by atoms with E-state index in [0.29, 0.717) is 29.9 Å². The molecule has 1 saturated heterocycles. The lowest BCUT2D eigenvalue weighted by Gasteiger charge is -2.29. The average Bonchev–Trinajstić information content (AvgIpc) is 3.27. The highest BCUT2D eigenvalue weighted by Gasteiger charge is 2.22. The average molecular weight is 475 g/mol. The number of rotatable bonds is 6. The Balaban J connectivity index is 1.62. The van der Waals surface area contributed by atoms with Gasteiger partial charge in [0.05, 0.1) is 18.7 Å². The summed E-state index contributed by atoms with van der Waals surface area (Å²) in [4.78, 5) is 22.8. The maximum atomic E-state index is 13.4. The lowest BCUT2D eigenvalue weighted by Crippen LogP contribution is -2.36. The van der Waals surface area contributed by atoms with E-state index in [2.05, 4.69) is 14.9 Å². The van der Waals surface area contributed by atoms with Crippen LogP contribution in [-0.2, 0) is 14.8 Å². The number of fused-ring (bicyclic) bond motifs is 1. The molecule has 5 rings (SSSR count). The van der Waals surface area contributed by atoms with Crippen LogP contribution in [-0.4, -0.2) is 54.4 Å². The lowest BCUT2D eigenvalue weighted by molar-refractivity contribution is 0.104. The molecule has 9 heteroatoms. The van der Waals surface area contributed by atoms with Gasteiger partial charge in [-0.05, 0) is 54.6 Å². The molecule has 1 aliphatic heterocycles. The van der Waals surface area contributed by atoms with Crippen LogP contribution >= 0.6 is 0 Å². The maximum absolute atomic E-state index is 13.4. The molecule has 1 aliphatic rings. The van der Waals surface area contributed by atoms with Crippen LogP contribution in [0.3, 0.4) is 0 Å². The second-order valence-corrected chi connectivity index (χ2v) is 9.62. The van der Waals surface area contributed by atoms with Gasteiger partial charge in [-0.2, -0.15) is 0 Å². The molecule has 0 aliphatic carbocycles. The standard InChI is InChI=1S/C25H22N4O4S/c30-25(19-7-10-26-11-8-19)6-3-20-18-29(34(31,32)22-2-1-9-27-17-22)24-5-4-21(16-23(20)24)28-12-14-33-15-13-28/h1-11,16-18H,12-15H2/b6-3+. The fraction of sp³-hybridized carbons (Fsp3) is 0.160. The zero-order valence-corrected chi connectivity index (χ0v) is 19.1. The molecule has 34 heavy (non-hydrogen) atoms. The first-order valence-electron chi connectivity index (χ1n) is 10.8. The number of hydrogen-bond acceptors (Lipinski definition) is 7. The minimum Gasteiger partial charge on any atom is -0.378 e. The van der Waals surface area contributed by atoms with Gasteiger partial charge in [0.25, 0.3) is 10.0 Å². The number of ether oxygens (including phenoxy) is 1. The molecule has 0 atom stereocenters. The lowest BCUT2D eigenvalue weighted by atomic mass is 10.1. The fourth-order valence-corrected chi connectivity index (χ4v) is 5.30. The topological polar surface area (TPSA) is 94.4 Å². The molecule has 3 aromatic heterocycles. The van der Waals surface area contributed by atoms with E-state index >= 15 is 0 Å². The Bertz CT molecular complexity index is 1460. The number of morpholine rings is 1. The smallest absolute Gasteiger partial charge is 0.269 e. The van der Waals surface area contributed by atoms with Gasteiger partial charge in [0.2, 0.25) is 0 Å². The summed E-state index contributed by atoms with van der Waals surface area (Å²) in [5.74, 6) is -0.192. The molecular weight excluding hydrogens is 452 g/mol. The summed E-state index contributed by atoms with van der Waals surface area (Å²) in [5.41, 5.74) is 2.63. The van der Waals surface area contributed by atoms with E-state index in [1.165, 1.54) is 28.5 Å². The second-order valence-electron chi connectivity index (χ2n) is 7.81. The third kappa shape index (κ3) is 4.23. The summed E-state index contributed by atoms with van der Waals surface area (Å²) in [6.07, 6.45) is 10.6. The number of benzene rings is 1.